The number of ether oxygens (including phenoxy) is 1. The van der Waals surface area contributed by atoms with Gasteiger partial charge in [-0.3, -0.25) is 9.67 Å². The van der Waals surface area contributed by atoms with Crippen molar-refractivity contribution >= 4 is 5.96 Å². The Kier molecular flexibility index (Phi) is 8.42. The maximum atomic E-state index is 5.33. The Morgan fingerprint density at radius 1 is 1.31 bits per heavy atom. The molecule has 0 aromatic carbocycles. The third-order valence-electron chi connectivity index (χ3n) is 5.36. The summed E-state index contributed by atoms with van der Waals surface area (Å²) >= 11 is 0. The van der Waals surface area contributed by atoms with E-state index in [-0.39, 0.29) is 0 Å². The molecular formula is C20H37N5O. The van der Waals surface area contributed by atoms with Crippen molar-refractivity contribution in [3.8, 4) is 0 Å². The van der Waals surface area contributed by atoms with Crippen molar-refractivity contribution in [3.63, 3.8) is 0 Å². The summed E-state index contributed by atoms with van der Waals surface area (Å²) in [5.74, 6) is 0.935. The Hall–Kier alpha value is -1.56. The first-order valence-electron chi connectivity index (χ1n) is 10.1. The van der Waals surface area contributed by atoms with Crippen LogP contribution in [0.15, 0.2) is 11.1 Å². The second kappa shape index (κ2) is 10.6. The molecule has 1 aliphatic rings. The van der Waals surface area contributed by atoms with Crippen LogP contribution >= 0.6 is 0 Å². The quantitative estimate of drug-likeness (QED) is 0.381. The van der Waals surface area contributed by atoms with E-state index in [2.05, 4.69) is 40.3 Å². The number of aromatic nitrogens is 2. The zero-order valence-corrected chi connectivity index (χ0v) is 17.1. The predicted octanol–water partition coefficient (Wildman–Crippen LogP) is 3.04. The van der Waals surface area contributed by atoms with Crippen LogP contribution in [0.2, 0.25) is 0 Å². The van der Waals surface area contributed by atoms with Gasteiger partial charge in [0, 0.05) is 45.6 Å². The van der Waals surface area contributed by atoms with E-state index in [9.17, 15) is 0 Å². The van der Waals surface area contributed by atoms with Crippen molar-refractivity contribution < 1.29 is 4.74 Å². The van der Waals surface area contributed by atoms with Crippen molar-refractivity contribution in [1.29, 1.82) is 0 Å². The summed E-state index contributed by atoms with van der Waals surface area (Å²) in [6.45, 7) is 10.7. The molecule has 0 unspecified atom stereocenters. The molecule has 6 heteroatoms. The van der Waals surface area contributed by atoms with E-state index in [1.807, 2.05) is 6.92 Å². The van der Waals surface area contributed by atoms with Gasteiger partial charge >= 0.3 is 0 Å². The second-order valence-electron chi connectivity index (χ2n) is 7.58. The Morgan fingerprint density at radius 2 is 2.08 bits per heavy atom. The van der Waals surface area contributed by atoms with Crippen LogP contribution in [-0.4, -0.2) is 49.1 Å². The standard InChI is InChI=1S/C20H37N5O/c1-5-21-19(22-12-8-13-25-18(3)15-17(2)24-25)23-16-20(11-14-26-4)9-6-7-10-20/h15H,5-14,16H2,1-4H3,(H2,21,22,23). The molecule has 1 aliphatic carbocycles. The van der Waals surface area contributed by atoms with Gasteiger partial charge in [-0.1, -0.05) is 12.8 Å². The lowest BCUT2D eigenvalue weighted by Gasteiger charge is -2.27. The van der Waals surface area contributed by atoms with Crippen LogP contribution in [0.4, 0.5) is 0 Å². The molecule has 0 atom stereocenters. The van der Waals surface area contributed by atoms with E-state index in [0.717, 1.165) is 57.3 Å². The Bertz CT molecular complexity index is 561. The van der Waals surface area contributed by atoms with Crippen molar-refractivity contribution in [2.45, 2.75) is 65.8 Å². The molecule has 6 nitrogen and oxygen atoms in total. The number of hydrogen-bond acceptors (Lipinski definition) is 3. The summed E-state index contributed by atoms with van der Waals surface area (Å²) in [6.07, 6.45) is 7.34. The molecule has 0 bridgehead atoms. The largest absolute Gasteiger partial charge is 0.385 e. The average molecular weight is 364 g/mol. The topological polar surface area (TPSA) is 63.5 Å². The number of aryl methyl sites for hydroxylation is 3. The highest BCUT2D eigenvalue weighted by Gasteiger charge is 2.33. The summed E-state index contributed by atoms with van der Waals surface area (Å²) in [6, 6.07) is 2.13. The van der Waals surface area contributed by atoms with Gasteiger partial charge in [0.2, 0.25) is 0 Å². The van der Waals surface area contributed by atoms with Gasteiger partial charge in [-0.05, 0) is 57.9 Å². The van der Waals surface area contributed by atoms with Crippen LogP contribution in [0.25, 0.3) is 0 Å². The number of hydrogen-bond donors (Lipinski definition) is 2. The molecule has 1 aromatic heterocycles. The highest BCUT2D eigenvalue weighted by Crippen LogP contribution is 2.41. The van der Waals surface area contributed by atoms with Gasteiger partial charge in [-0.25, -0.2) is 0 Å². The molecule has 0 spiro atoms. The smallest absolute Gasteiger partial charge is 0.191 e. The Balaban J connectivity index is 1.82. The van der Waals surface area contributed by atoms with Gasteiger partial charge in [0.1, 0.15) is 0 Å². The minimum atomic E-state index is 0.335. The fourth-order valence-corrected chi connectivity index (χ4v) is 3.86. The summed E-state index contributed by atoms with van der Waals surface area (Å²) < 4.78 is 7.41. The van der Waals surface area contributed by atoms with Gasteiger partial charge in [-0.2, -0.15) is 5.10 Å². The lowest BCUT2D eigenvalue weighted by atomic mass is 9.83. The summed E-state index contributed by atoms with van der Waals surface area (Å²) in [4.78, 5) is 4.90. The lowest BCUT2D eigenvalue weighted by Crippen LogP contribution is -2.39. The SMILES string of the molecule is CCNC(=NCC1(CCOC)CCCC1)NCCCn1nc(C)cc1C. The predicted molar refractivity (Wildman–Crippen MR) is 108 cm³/mol. The van der Waals surface area contributed by atoms with Crippen molar-refractivity contribution in [2.24, 2.45) is 10.4 Å². The zero-order chi connectivity index (χ0) is 18.8. The van der Waals surface area contributed by atoms with Gasteiger partial charge in [0.25, 0.3) is 0 Å². The number of rotatable bonds is 10. The van der Waals surface area contributed by atoms with Gasteiger partial charge in [0.15, 0.2) is 5.96 Å². The van der Waals surface area contributed by atoms with Crippen molar-refractivity contribution in [1.82, 2.24) is 20.4 Å². The highest BCUT2D eigenvalue weighted by molar-refractivity contribution is 5.79. The lowest BCUT2D eigenvalue weighted by molar-refractivity contribution is 0.141. The first kappa shape index (κ1) is 20.7. The molecule has 148 valence electrons. The summed E-state index contributed by atoms with van der Waals surface area (Å²) in [7, 11) is 1.79. The second-order valence-corrected chi connectivity index (χ2v) is 7.58. The van der Waals surface area contributed by atoms with E-state index < -0.39 is 0 Å². The first-order chi connectivity index (χ1) is 12.6. The van der Waals surface area contributed by atoms with Crippen LogP contribution < -0.4 is 10.6 Å². The molecule has 2 N–H and O–H groups in total. The van der Waals surface area contributed by atoms with Crippen molar-refractivity contribution in [3.05, 3.63) is 17.5 Å². The molecule has 1 saturated carbocycles. The third kappa shape index (κ3) is 6.31. The molecule has 0 aliphatic heterocycles. The van der Waals surface area contributed by atoms with Gasteiger partial charge in [-0.15, -0.1) is 0 Å². The van der Waals surface area contributed by atoms with E-state index in [1.54, 1.807) is 7.11 Å². The zero-order valence-electron chi connectivity index (χ0n) is 17.1. The van der Waals surface area contributed by atoms with Crippen LogP contribution in [0.3, 0.4) is 0 Å². The molecular weight excluding hydrogens is 326 g/mol. The fraction of sp³-hybridized carbons (Fsp3) is 0.800. The molecule has 26 heavy (non-hydrogen) atoms. The van der Waals surface area contributed by atoms with E-state index >= 15 is 0 Å². The molecule has 1 heterocycles. The minimum Gasteiger partial charge on any atom is -0.385 e. The minimum absolute atomic E-state index is 0.335. The average Bonchev–Trinajstić information content (AvgIpc) is 3.21. The summed E-state index contributed by atoms with van der Waals surface area (Å²) in [5, 5.41) is 11.4. The van der Waals surface area contributed by atoms with Crippen LogP contribution in [0, 0.1) is 19.3 Å². The maximum Gasteiger partial charge on any atom is 0.191 e. The van der Waals surface area contributed by atoms with E-state index in [1.165, 1.54) is 31.4 Å². The Morgan fingerprint density at radius 3 is 2.69 bits per heavy atom. The normalized spacial score (nSPS) is 16.8. The van der Waals surface area contributed by atoms with Crippen LogP contribution in [0.1, 0.15) is 56.8 Å². The molecule has 0 saturated heterocycles. The maximum absolute atomic E-state index is 5.33. The fourth-order valence-electron chi connectivity index (χ4n) is 3.86. The molecule has 1 aromatic rings. The van der Waals surface area contributed by atoms with Gasteiger partial charge in [0.05, 0.1) is 5.69 Å². The third-order valence-corrected chi connectivity index (χ3v) is 5.36. The highest BCUT2D eigenvalue weighted by atomic mass is 16.5. The first-order valence-corrected chi connectivity index (χ1v) is 10.1. The van der Waals surface area contributed by atoms with E-state index in [4.69, 9.17) is 9.73 Å². The monoisotopic (exact) mass is 363 g/mol. The number of aliphatic imine (C=N–C) groups is 1. The molecule has 1 fully saturated rings. The number of nitrogens with zero attached hydrogens (tertiary/aromatic N) is 3. The van der Waals surface area contributed by atoms with E-state index in [0.29, 0.717) is 5.41 Å². The summed E-state index contributed by atoms with van der Waals surface area (Å²) in [5.41, 5.74) is 2.65. The van der Waals surface area contributed by atoms with Crippen molar-refractivity contribution in [2.75, 3.05) is 33.4 Å². The Labute approximate surface area is 158 Å². The number of methoxy groups -OCH3 is 1. The van der Waals surface area contributed by atoms with Gasteiger partial charge < -0.3 is 15.4 Å². The van der Waals surface area contributed by atoms with Crippen LogP contribution in [-0.2, 0) is 11.3 Å². The molecule has 0 radical (unpaired) electrons. The number of nitrogens with one attached hydrogen (secondary N) is 2. The molecule has 0 amide bonds. The number of guanidine groups is 1. The molecule has 2 rings (SSSR count). The van der Waals surface area contributed by atoms with Crippen LogP contribution in [0.5, 0.6) is 0 Å².